The maximum Gasteiger partial charge on any atom is 0.181 e. The van der Waals surface area contributed by atoms with Crippen molar-refractivity contribution in [3.8, 4) is 11.5 Å². The topological polar surface area (TPSA) is 77.6 Å². The summed E-state index contributed by atoms with van der Waals surface area (Å²) in [6, 6.07) is 1.90. The lowest BCUT2D eigenvalue weighted by Gasteiger charge is -2.38. The van der Waals surface area contributed by atoms with Gasteiger partial charge in [-0.1, -0.05) is 37.5 Å². The van der Waals surface area contributed by atoms with Crippen molar-refractivity contribution in [3.63, 3.8) is 0 Å². The van der Waals surface area contributed by atoms with Gasteiger partial charge in [-0.15, -0.1) is 0 Å². The van der Waals surface area contributed by atoms with Crippen LogP contribution in [0.15, 0.2) is 6.07 Å². The van der Waals surface area contributed by atoms with Gasteiger partial charge in [0.05, 0.1) is 11.6 Å². The number of nitrogen functional groups attached to an aromatic ring is 1. The number of aliphatic hydroxyl groups is 1. The summed E-state index contributed by atoms with van der Waals surface area (Å²) in [4.78, 5) is 4.47. The van der Waals surface area contributed by atoms with E-state index < -0.39 is 6.10 Å². The predicted molar refractivity (Wildman–Crippen MR) is 91.2 cm³/mol. The van der Waals surface area contributed by atoms with E-state index >= 15 is 0 Å². The molecule has 1 fully saturated rings. The van der Waals surface area contributed by atoms with Crippen LogP contribution < -0.4 is 15.2 Å². The number of anilines is 1. The molecule has 1 aliphatic carbocycles. The second-order valence-electron chi connectivity index (χ2n) is 6.84. The lowest BCUT2D eigenvalue weighted by atomic mass is 9.70. The minimum atomic E-state index is -0.567. The van der Waals surface area contributed by atoms with Gasteiger partial charge in [0.2, 0.25) is 0 Å². The third kappa shape index (κ3) is 2.44. The number of nitrogens with two attached hydrogens (primary N) is 1. The van der Waals surface area contributed by atoms with Gasteiger partial charge in [-0.25, -0.2) is 4.98 Å². The summed E-state index contributed by atoms with van der Waals surface area (Å²) in [5.41, 5.74) is 7.40. The molecule has 0 radical (unpaired) electrons. The molecule has 1 aliphatic heterocycles. The summed E-state index contributed by atoms with van der Waals surface area (Å²) < 4.78 is 12.4. The second kappa shape index (κ2) is 5.53. The number of fused-ring (bicyclic) bond motifs is 3. The molecule has 0 spiro atoms. The van der Waals surface area contributed by atoms with E-state index in [2.05, 4.69) is 11.9 Å². The van der Waals surface area contributed by atoms with Gasteiger partial charge in [-0.3, -0.25) is 0 Å². The maximum absolute atomic E-state index is 11.1. The summed E-state index contributed by atoms with van der Waals surface area (Å²) in [7, 11) is 0. The van der Waals surface area contributed by atoms with E-state index in [9.17, 15) is 5.11 Å². The Kier molecular flexibility index (Phi) is 3.61. The number of thiazole rings is 1. The van der Waals surface area contributed by atoms with Crippen molar-refractivity contribution < 1.29 is 14.6 Å². The molecule has 0 saturated heterocycles. The van der Waals surface area contributed by atoms with Crippen molar-refractivity contribution in [2.45, 2.75) is 45.1 Å². The Balaban J connectivity index is 1.86. The first kappa shape index (κ1) is 15.0. The molecule has 1 aromatic heterocycles. The third-order valence-corrected chi connectivity index (χ3v) is 6.05. The van der Waals surface area contributed by atoms with Crippen LogP contribution in [0.5, 0.6) is 11.5 Å². The lowest BCUT2D eigenvalue weighted by Crippen LogP contribution is -2.28. The molecule has 2 aliphatic rings. The fourth-order valence-corrected chi connectivity index (χ4v) is 4.69. The largest absolute Gasteiger partial charge is 0.486 e. The van der Waals surface area contributed by atoms with Crippen LogP contribution in [-0.2, 0) is 0 Å². The minimum Gasteiger partial charge on any atom is -0.486 e. The first-order valence-corrected chi connectivity index (χ1v) is 9.07. The molecule has 23 heavy (non-hydrogen) atoms. The molecule has 6 heteroatoms. The molecular weight excluding hydrogens is 312 g/mol. The van der Waals surface area contributed by atoms with Crippen molar-refractivity contribution in [2.75, 3.05) is 18.9 Å². The van der Waals surface area contributed by atoms with E-state index in [0.29, 0.717) is 29.8 Å². The first-order valence-electron chi connectivity index (χ1n) is 8.25. The molecule has 1 aromatic carbocycles. The van der Waals surface area contributed by atoms with E-state index in [1.807, 2.05) is 6.07 Å². The van der Waals surface area contributed by atoms with Gasteiger partial charge in [0.25, 0.3) is 0 Å². The van der Waals surface area contributed by atoms with Crippen molar-refractivity contribution in [3.05, 3.63) is 11.6 Å². The van der Waals surface area contributed by atoms with E-state index in [1.54, 1.807) is 0 Å². The number of rotatable bonds is 2. The summed E-state index contributed by atoms with van der Waals surface area (Å²) in [6.45, 7) is 3.23. The van der Waals surface area contributed by atoms with Gasteiger partial charge in [-0.2, -0.15) is 0 Å². The molecule has 4 rings (SSSR count). The van der Waals surface area contributed by atoms with E-state index in [1.165, 1.54) is 30.6 Å². The smallest absolute Gasteiger partial charge is 0.181 e. The number of benzene rings is 1. The molecule has 3 N–H and O–H groups in total. The predicted octanol–water partition coefficient (Wildman–Crippen LogP) is 3.65. The fourth-order valence-electron chi connectivity index (χ4n) is 3.83. The van der Waals surface area contributed by atoms with Gasteiger partial charge >= 0.3 is 0 Å². The van der Waals surface area contributed by atoms with Crippen molar-refractivity contribution in [1.82, 2.24) is 4.98 Å². The highest BCUT2D eigenvalue weighted by Crippen LogP contribution is 2.51. The zero-order valence-electron chi connectivity index (χ0n) is 13.3. The lowest BCUT2D eigenvalue weighted by molar-refractivity contribution is 0.00883. The van der Waals surface area contributed by atoms with Crippen LogP contribution in [0.3, 0.4) is 0 Å². The van der Waals surface area contributed by atoms with Gasteiger partial charge in [0, 0.05) is 5.56 Å². The fraction of sp³-hybridized carbons (Fsp3) is 0.588. The number of hydrogen-bond donors (Lipinski definition) is 2. The highest BCUT2D eigenvalue weighted by molar-refractivity contribution is 7.22. The molecule has 124 valence electrons. The van der Waals surface area contributed by atoms with Crippen LogP contribution in [-0.4, -0.2) is 23.3 Å². The third-order valence-electron chi connectivity index (χ3n) is 5.17. The van der Waals surface area contributed by atoms with Crippen LogP contribution in [0.1, 0.15) is 50.7 Å². The molecule has 5 nitrogen and oxygen atoms in total. The number of aromatic nitrogens is 1. The Morgan fingerprint density at radius 2 is 2.00 bits per heavy atom. The quantitative estimate of drug-likeness (QED) is 0.876. The van der Waals surface area contributed by atoms with Crippen LogP contribution >= 0.6 is 11.3 Å². The average Bonchev–Trinajstić information content (AvgIpc) is 2.96. The van der Waals surface area contributed by atoms with Gasteiger partial charge in [0.1, 0.15) is 17.9 Å². The Morgan fingerprint density at radius 3 is 2.78 bits per heavy atom. The number of ether oxygens (including phenoxy) is 2. The van der Waals surface area contributed by atoms with Crippen molar-refractivity contribution in [1.29, 1.82) is 0 Å². The Hall–Kier alpha value is -1.53. The summed E-state index contributed by atoms with van der Waals surface area (Å²) in [5, 5.41) is 11.6. The molecule has 1 atom stereocenters. The molecule has 1 unspecified atom stereocenters. The highest BCUT2D eigenvalue weighted by atomic mass is 32.1. The summed E-state index contributed by atoms with van der Waals surface area (Å²) in [6.07, 6.45) is 5.08. The Morgan fingerprint density at radius 1 is 1.26 bits per heavy atom. The monoisotopic (exact) mass is 334 g/mol. The first-order chi connectivity index (χ1) is 11.1. The van der Waals surface area contributed by atoms with Crippen LogP contribution in [0.2, 0.25) is 0 Å². The van der Waals surface area contributed by atoms with E-state index in [-0.39, 0.29) is 5.41 Å². The van der Waals surface area contributed by atoms with E-state index in [0.717, 1.165) is 28.6 Å². The zero-order valence-corrected chi connectivity index (χ0v) is 14.1. The van der Waals surface area contributed by atoms with Crippen molar-refractivity contribution in [2.24, 2.45) is 5.41 Å². The van der Waals surface area contributed by atoms with Crippen LogP contribution in [0.4, 0.5) is 5.13 Å². The van der Waals surface area contributed by atoms with Crippen LogP contribution in [0.25, 0.3) is 10.2 Å². The normalized spacial score (nSPS) is 21.3. The highest BCUT2D eigenvalue weighted by Gasteiger charge is 2.37. The molecule has 0 amide bonds. The molecule has 0 bridgehead atoms. The van der Waals surface area contributed by atoms with Gasteiger partial charge in [0.15, 0.2) is 16.6 Å². The Bertz CT molecular complexity index is 737. The second-order valence-corrected chi connectivity index (χ2v) is 7.87. The molecule has 2 heterocycles. The van der Waals surface area contributed by atoms with E-state index in [4.69, 9.17) is 15.2 Å². The Labute approximate surface area is 139 Å². The van der Waals surface area contributed by atoms with Crippen molar-refractivity contribution >= 4 is 26.7 Å². The number of nitrogens with zero attached hydrogens (tertiary/aromatic N) is 1. The molecular formula is C17H22N2O3S. The number of hydrogen-bond acceptors (Lipinski definition) is 6. The SMILES string of the molecule is CC1(C(O)c2cc3c(c4sc(N)nc24)OCCO3)CCCCC1. The summed E-state index contributed by atoms with van der Waals surface area (Å²) in [5.74, 6) is 1.41. The molecule has 1 saturated carbocycles. The van der Waals surface area contributed by atoms with Gasteiger partial charge in [-0.05, 0) is 24.3 Å². The standard InChI is InChI=1S/C17H22N2O3S/c1-17(5-3-2-4-6-17)15(20)10-9-11-13(22-8-7-21-11)14-12(10)19-16(18)23-14/h9,15,20H,2-8H2,1H3,(H2,18,19). The van der Waals surface area contributed by atoms with Gasteiger partial charge < -0.3 is 20.3 Å². The maximum atomic E-state index is 11.1. The van der Waals surface area contributed by atoms with Crippen LogP contribution in [0, 0.1) is 5.41 Å². The average molecular weight is 334 g/mol. The zero-order chi connectivity index (χ0) is 16.0. The number of aliphatic hydroxyl groups excluding tert-OH is 1. The summed E-state index contributed by atoms with van der Waals surface area (Å²) >= 11 is 1.39. The molecule has 2 aromatic rings. The minimum absolute atomic E-state index is 0.118.